The first kappa shape index (κ1) is 17.0. The van der Waals surface area contributed by atoms with Crippen LogP contribution < -0.4 is 4.74 Å². The summed E-state index contributed by atoms with van der Waals surface area (Å²) in [5, 5.41) is 11.4. The summed E-state index contributed by atoms with van der Waals surface area (Å²) in [5.41, 5.74) is 2.50. The summed E-state index contributed by atoms with van der Waals surface area (Å²) in [6, 6.07) is 10.6. The highest BCUT2D eigenvalue weighted by molar-refractivity contribution is 7.10. The van der Waals surface area contributed by atoms with Gasteiger partial charge in [-0.1, -0.05) is 12.1 Å². The van der Waals surface area contributed by atoms with Gasteiger partial charge in [-0.3, -0.25) is 9.69 Å². The molecule has 0 spiro atoms. The molecule has 24 heavy (non-hydrogen) atoms. The Morgan fingerprint density at radius 1 is 1.29 bits per heavy atom. The van der Waals surface area contributed by atoms with Crippen LogP contribution in [0.15, 0.2) is 35.7 Å². The van der Waals surface area contributed by atoms with E-state index in [1.807, 2.05) is 12.1 Å². The van der Waals surface area contributed by atoms with E-state index < -0.39 is 5.97 Å². The molecule has 0 amide bonds. The number of rotatable bonds is 5. The molecule has 2 aromatic rings. The van der Waals surface area contributed by atoms with Crippen LogP contribution in [0.5, 0.6) is 5.75 Å². The van der Waals surface area contributed by atoms with Crippen LogP contribution in [0, 0.1) is 12.8 Å². The SMILES string of the molecule is COc1ccc(C(c2cc(C)cs2)N2CCC(C(=O)O)CC2)cc1. The Bertz CT molecular complexity index is 687. The average molecular weight is 345 g/mol. The Morgan fingerprint density at radius 3 is 2.46 bits per heavy atom. The van der Waals surface area contributed by atoms with E-state index in [2.05, 4.69) is 35.4 Å². The summed E-state index contributed by atoms with van der Waals surface area (Å²) in [7, 11) is 1.67. The van der Waals surface area contributed by atoms with Gasteiger partial charge < -0.3 is 9.84 Å². The van der Waals surface area contributed by atoms with Crippen LogP contribution in [-0.4, -0.2) is 36.2 Å². The first-order valence-electron chi connectivity index (χ1n) is 8.24. The summed E-state index contributed by atoms with van der Waals surface area (Å²) >= 11 is 1.77. The van der Waals surface area contributed by atoms with Gasteiger partial charge in [0.2, 0.25) is 0 Å². The number of piperidine rings is 1. The number of carboxylic acids is 1. The van der Waals surface area contributed by atoms with Gasteiger partial charge in [-0.2, -0.15) is 0 Å². The lowest BCUT2D eigenvalue weighted by atomic mass is 9.93. The zero-order valence-corrected chi connectivity index (χ0v) is 14.9. The largest absolute Gasteiger partial charge is 0.497 e. The summed E-state index contributed by atoms with van der Waals surface area (Å²) in [6.07, 6.45) is 1.43. The second kappa shape index (κ2) is 7.36. The van der Waals surface area contributed by atoms with Crippen LogP contribution in [0.2, 0.25) is 0 Å². The van der Waals surface area contributed by atoms with Crippen molar-refractivity contribution in [2.75, 3.05) is 20.2 Å². The van der Waals surface area contributed by atoms with E-state index in [9.17, 15) is 9.90 Å². The molecule has 1 aromatic heterocycles. The third-order valence-electron chi connectivity index (χ3n) is 4.70. The fraction of sp³-hybridized carbons (Fsp3) is 0.421. The van der Waals surface area contributed by atoms with Gasteiger partial charge in [0, 0.05) is 4.88 Å². The molecule has 0 bridgehead atoms. The van der Waals surface area contributed by atoms with E-state index in [4.69, 9.17) is 4.74 Å². The Hall–Kier alpha value is -1.85. The van der Waals surface area contributed by atoms with Gasteiger partial charge in [0.1, 0.15) is 5.75 Å². The molecule has 3 rings (SSSR count). The monoisotopic (exact) mass is 345 g/mol. The Balaban J connectivity index is 1.86. The van der Waals surface area contributed by atoms with Gasteiger partial charge in [-0.15, -0.1) is 11.3 Å². The smallest absolute Gasteiger partial charge is 0.306 e. The standard InChI is InChI=1S/C19H23NO3S/c1-13-11-17(24-12-13)18(14-3-5-16(23-2)6-4-14)20-9-7-15(8-10-20)19(21)22/h3-6,11-12,15,18H,7-10H2,1-2H3,(H,21,22). The van der Waals surface area contributed by atoms with Crippen molar-refractivity contribution in [3.8, 4) is 5.75 Å². The molecule has 0 aliphatic carbocycles. The van der Waals surface area contributed by atoms with Crippen LogP contribution in [0.3, 0.4) is 0 Å². The highest BCUT2D eigenvalue weighted by Gasteiger charge is 2.30. The van der Waals surface area contributed by atoms with Crippen molar-refractivity contribution in [1.82, 2.24) is 4.90 Å². The second-order valence-corrected chi connectivity index (χ2v) is 7.29. The molecular formula is C19H23NO3S. The maximum Gasteiger partial charge on any atom is 0.306 e. The number of ether oxygens (including phenoxy) is 1. The van der Waals surface area contributed by atoms with Gasteiger partial charge in [0.25, 0.3) is 0 Å². The molecule has 1 N–H and O–H groups in total. The quantitative estimate of drug-likeness (QED) is 0.891. The van der Waals surface area contributed by atoms with Crippen LogP contribution >= 0.6 is 11.3 Å². The second-order valence-electron chi connectivity index (χ2n) is 6.35. The lowest BCUT2D eigenvalue weighted by Crippen LogP contribution is -2.39. The van der Waals surface area contributed by atoms with E-state index >= 15 is 0 Å². The van der Waals surface area contributed by atoms with E-state index in [0.717, 1.165) is 18.8 Å². The molecule has 5 heteroatoms. The first-order valence-corrected chi connectivity index (χ1v) is 9.12. The molecule has 1 aliphatic rings. The van der Waals surface area contributed by atoms with Crippen molar-refractivity contribution in [2.24, 2.45) is 5.92 Å². The third kappa shape index (κ3) is 3.62. The number of nitrogens with zero attached hydrogens (tertiary/aromatic N) is 1. The van der Waals surface area contributed by atoms with E-state index in [1.165, 1.54) is 16.0 Å². The molecule has 0 saturated carbocycles. The van der Waals surface area contributed by atoms with Gasteiger partial charge >= 0.3 is 5.97 Å². The number of thiophene rings is 1. The van der Waals surface area contributed by atoms with Crippen molar-refractivity contribution in [3.05, 3.63) is 51.7 Å². The average Bonchev–Trinajstić information content (AvgIpc) is 3.02. The van der Waals surface area contributed by atoms with Crippen LogP contribution in [0.4, 0.5) is 0 Å². The predicted molar refractivity (Wildman–Crippen MR) is 95.8 cm³/mol. The molecule has 2 heterocycles. The molecule has 1 atom stereocenters. The van der Waals surface area contributed by atoms with Crippen molar-refractivity contribution >= 4 is 17.3 Å². The molecule has 1 aliphatic heterocycles. The van der Waals surface area contributed by atoms with Crippen molar-refractivity contribution in [3.63, 3.8) is 0 Å². The third-order valence-corrected chi connectivity index (χ3v) is 5.80. The number of carboxylic acid groups (broad SMARTS) is 1. The number of aliphatic carboxylic acids is 1. The number of methoxy groups -OCH3 is 1. The maximum absolute atomic E-state index is 11.2. The lowest BCUT2D eigenvalue weighted by Gasteiger charge is -2.36. The number of likely N-dealkylation sites (tertiary alicyclic amines) is 1. The molecule has 1 fully saturated rings. The fourth-order valence-corrected chi connectivity index (χ4v) is 4.40. The Morgan fingerprint density at radius 2 is 1.96 bits per heavy atom. The Labute approximate surface area is 146 Å². The lowest BCUT2D eigenvalue weighted by molar-refractivity contribution is -0.143. The molecule has 0 radical (unpaired) electrons. The topological polar surface area (TPSA) is 49.8 Å². The van der Waals surface area contributed by atoms with E-state index in [0.29, 0.717) is 12.8 Å². The predicted octanol–water partition coefficient (Wildman–Crippen LogP) is 3.95. The summed E-state index contributed by atoms with van der Waals surface area (Å²) in [5.74, 6) is -0.0186. The van der Waals surface area contributed by atoms with Gasteiger partial charge in [0.05, 0.1) is 19.1 Å². The van der Waals surface area contributed by atoms with Crippen molar-refractivity contribution < 1.29 is 14.6 Å². The minimum absolute atomic E-state index is 0.185. The number of benzene rings is 1. The zero-order valence-electron chi connectivity index (χ0n) is 14.1. The van der Waals surface area contributed by atoms with Gasteiger partial charge in [-0.25, -0.2) is 0 Å². The number of aryl methyl sites for hydroxylation is 1. The zero-order chi connectivity index (χ0) is 17.1. The minimum Gasteiger partial charge on any atom is -0.497 e. The number of carbonyl (C=O) groups is 1. The van der Waals surface area contributed by atoms with Crippen molar-refractivity contribution in [2.45, 2.75) is 25.8 Å². The van der Waals surface area contributed by atoms with E-state index in [-0.39, 0.29) is 12.0 Å². The summed E-state index contributed by atoms with van der Waals surface area (Å²) in [6.45, 7) is 3.73. The van der Waals surface area contributed by atoms with Crippen LogP contribution in [0.25, 0.3) is 0 Å². The molecule has 128 valence electrons. The van der Waals surface area contributed by atoms with Gasteiger partial charge in [0.15, 0.2) is 0 Å². The molecule has 4 nitrogen and oxygen atoms in total. The number of hydrogen-bond acceptors (Lipinski definition) is 4. The summed E-state index contributed by atoms with van der Waals surface area (Å²) in [4.78, 5) is 14.9. The van der Waals surface area contributed by atoms with Crippen LogP contribution in [-0.2, 0) is 4.79 Å². The maximum atomic E-state index is 11.2. The number of hydrogen-bond donors (Lipinski definition) is 1. The Kier molecular flexibility index (Phi) is 5.21. The molecule has 1 saturated heterocycles. The van der Waals surface area contributed by atoms with Crippen molar-refractivity contribution in [1.29, 1.82) is 0 Å². The van der Waals surface area contributed by atoms with E-state index in [1.54, 1.807) is 18.4 Å². The molecule has 1 unspecified atom stereocenters. The van der Waals surface area contributed by atoms with Gasteiger partial charge in [-0.05, 0) is 67.6 Å². The first-order chi connectivity index (χ1) is 11.6. The highest BCUT2D eigenvalue weighted by Crippen LogP contribution is 2.36. The summed E-state index contributed by atoms with van der Waals surface area (Å²) < 4.78 is 5.27. The minimum atomic E-state index is -0.664. The molecule has 1 aromatic carbocycles. The molecular weight excluding hydrogens is 322 g/mol. The van der Waals surface area contributed by atoms with Crippen LogP contribution in [0.1, 0.15) is 34.9 Å². The fourth-order valence-electron chi connectivity index (χ4n) is 3.34. The normalized spacial score (nSPS) is 17.6. The highest BCUT2D eigenvalue weighted by atomic mass is 32.1.